The molecule has 0 spiro atoms. The minimum Gasteiger partial charge on any atom is -0.369 e. The van der Waals surface area contributed by atoms with Crippen molar-refractivity contribution in [2.75, 3.05) is 0 Å². The average Bonchev–Trinajstić information content (AvgIpc) is 3.32. The minimum absolute atomic E-state index is 0.0676. The number of nitrogens with two attached hydrogens (primary N) is 1. The molecule has 7 heteroatoms. The number of amides is 1. The van der Waals surface area contributed by atoms with E-state index in [4.69, 9.17) is 5.73 Å². The number of rotatable bonds is 5. The van der Waals surface area contributed by atoms with Crippen LogP contribution in [0.3, 0.4) is 0 Å². The second-order valence-corrected chi connectivity index (χ2v) is 6.73. The van der Waals surface area contributed by atoms with Crippen LogP contribution < -0.4 is 5.73 Å². The maximum Gasteiger partial charge on any atom is 0.225 e. The molecular weight excluding hydrogens is 328 g/mol. The third-order valence-electron chi connectivity index (χ3n) is 4.82. The molecule has 134 valence electrons. The van der Waals surface area contributed by atoms with Gasteiger partial charge in [-0.2, -0.15) is 10.2 Å². The summed E-state index contributed by atoms with van der Waals surface area (Å²) in [7, 11) is 0. The van der Waals surface area contributed by atoms with Gasteiger partial charge in [0.05, 0.1) is 18.2 Å². The third-order valence-corrected chi connectivity index (χ3v) is 4.82. The van der Waals surface area contributed by atoms with Crippen molar-refractivity contribution in [2.24, 2.45) is 5.73 Å². The Balaban J connectivity index is 1.69. The summed E-state index contributed by atoms with van der Waals surface area (Å²) in [5, 5.41) is 8.86. The summed E-state index contributed by atoms with van der Waals surface area (Å²) in [6.07, 6.45) is 9.59. The number of aromatic nitrogens is 5. The van der Waals surface area contributed by atoms with Gasteiger partial charge in [0.1, 0.15) is 0 Å². The van der Waals surface area contributed by atoms with Gasteiger partial charge in [0.2, 0.25) is 5.91 Å². The predicted octanol–water partition coefficient (Wildman–Crippen LogP) is 2.66. The van der Waals surface area contributed by atoms with Gasteiger partial charge in [-0.25, -0.2) is 14.3 Å². The van der Waals surface area contributed by atoms with E-state index in [0.29, 0.717) is 11.9 Å². The van der Waals surface area contributed by atoms with E-state index in [0.717, 1.165) is 29.9 Å². The number of carbonyl (C=O) groups is 1. The van der Waals surface area contributed by atoms with Crippen LogP contribution in [0, 0.1) is 0 Å². The lowest BCUT2D eigenvalue weighted by Gasteiger charge is -2.23. The molecule has 1 fully saturated rings. The molecule has 0 bridgehead atoms. The van der Waals surface area contributed by atoms with E-state index in [1.807, 2.05) is 45.9 Å². The molecule has 1 saturated carbocycles. The van der Waals surface area contributed by atoms with Crippen molar-refractivity contribution in [3.05, 3.63) is 48.5 Å². The largest absolute Gasteiger partial charge is 0.369 e. The first-order valence-corrected chi connectivity index (χ1v) is 9.05. The fraction of sp³-hybridized carbons (Fsp3) is 0.368. The van der Waals surface area contributed by atoms with Crippen LogP contribution in [0.2, 0.25) is 0 Å². The van der Waals surface area contributed by atoms with Crippen LogP contribution in [0.25, 0.3) is 17.1 Å². The molecule has 4 rings (SSSR count). The molecule has 26 heavy (non-hydrogen) atoms. The molecule has 2 heterocycles. The molecule has 0 saturated heterocycles. The average molecular weight is 350 g/mol. The predicted molar refractivity (Wildman–Crippen MR) is 97.6 cm³/mol. The Morgan fingerprint density at radius 3 is 2.58 bits per heavy atom. The van der Waals surface area contributed by atoms with Crippen LogP contribution >= 0.6 is 0 Å². The Kier molecular flexibility index (Phi) is 4.51. The quantitative estimate of drug-likeness (QED) is 0.766. The monoisotopic (exact) mass is 350 g/mol. The fourth-order valence-electron chi connectivity index (χ4n) is 3.56. The summed E-state index contributed by atoms with van der Waals surface area (Å²) in [6, 6.07) is 10.3. The Morgan fingerprint density at radius 2 is 1.92 bits per heavy atom. The zero-order valence-electron chi connectivity index (χ0n) is 14.6. The Morgan fingerprint density at radius 1 is 1.15 bits per heavy atom. The number of nitrogens with zero attached hydrogens (tertiary/aromatic N) is 5. The van der Waals surface area contributed by atoms with E-state index in [-0.39, 0.29) is 6.42 Å². The van der Waals surface area contributed by atoms with E-state index in [1.165, 1.54) is 19.3 Å². The van der Waals surface area contributed by atoms with Crippen LogP contribution in [0.15, 0.2) is 42.7 Å². The molecule has 3 aromatic rings. The van der Waals surface area contributed by atoms with Crippen molar-refractivity contribution in [3.63, 3.8) is 0 Å². The number of benzene rings is 1. The Bertz CT molecular complexity index is 875. The molecule has 0 aliphatic heterocycles. The highest BCUT2D eigenvalue weighted by atomic mass is 16.1. The first kappa shape index (κ1) is 16.5. The Hall–Kier alpha value is -2.96. The number of carbonyl (C=O) groups excluding carboxylic acids is 1. The van der Waals surface area contributed by atoms with Gasteiger partial charge in [-0.05, 0) is 43.2 Å². The number of primary amides is 1. The summed E-state index contributed by atoms with van der Waals surface area (Å²) in [5.41, 5.74) is 7.30. The van der Waals surface area contributed by atoms with Gasteiger partial charge < -0.3 is 5.73 Å². The lowest BCUT2D eigenvalue weighted by Crippen LogP contribution is -2.17. The van der Waals surface area contributed by atoms with E-state index < -0.39 is 5.91 Å². The maximum absolute atomic E-state index is 11.3. The third kappa shape index (κ3) is 3.37. The second-order valence-electron chi connectivity index (χ2n) is 6.73. The molecule has 1 aromatic carbocycles. The van der Waals surface area contributed by atoms with E-state index >= 15 is 0 Å². The van der Waals surface area contributed by atoms with Crippen LogP contribution in [-0.2, 0) is 11.2 Å². The highest BCUT2D eigenvalue weighted by Gasteiger charge is 2.22. The molecule has 1 amide bonds. The van der Waals surface area contributed by atoms with Gasteiger partial charge in [-0.1, -0.05) is 19.3 Å². The zero-order valence-corrected chi connectivity index (χ0v) is 14.6. The van der Waals surface area contributed by atoms with Crippen molar-refractivity contribution in [1.82, 2.24) is 24.5 Å². The van der Waals surface area contributed by atoms with Gasteiger partial charge in [0.15, 0.2) is 11.6 Å². The van der Waals surface area contributed by atoms with Crippen molar-refractivity contribution in [1.29, 1.82) is 0 Å². The topological polar surface area (TPSA) is 91.6 Å². The molecule has 7 nitrogen and oxygen atoms in total. The maximum atomic E-state index is 11.3. The molecule has 0 radical (unpaired) electrons. The summed E-state index contributed by atoms with van der Waals surface area (Å²) in [4.78, 5) is 15.9. The van der Waals surface area contributed by atoms with Crippen LogP contribution in [-0.4, -0.2) is 30.5 Å². The van der Waals surface area contributed by atoms with Crippen LogP contribution in [0.4, 0.5) is 0 Å². The number of hydrogen-bond donors (Lipinski definition) is 1. The van der Waals surface area contributed by atoms with Gasteiger partial charge in [0, 0.05) is 18.0 Å². The number of hydrogen-bond acceptors (Lipinski definition) is 4. The lowest BCUT2D eigenvalue weighted by molar-refractivity contribution is -0.117. The highest BCUT2D eigenvalue weighted by molar-refractivity contribution is 5.75. The molecule has 1 aliphatic rings. The zero-order chi connectivity index (χ0) is 17.9. The standard InChI is InChI=1S/C19H22N6O/c20-17(26)13-18-22-19(25(23-18)16-5-2-1-3-6-16)14-7-9-15(10-8-14)24-12-4-11-21-24/h4,7-12,16H,1-3,5-6,13H2,(H2,20,26). The highest BCUT2D eigenvalue weighted by Crippen LogP contribution is 2.31. The molecular formula is C19H22N6O. The SMILES string of the molecule is NC(=O)Cc1nc(-c2ccc(-n3cccn3)cc2)n(C2CCCCC2)n1. The van der Waals surface area contributed by atoms with Gasteiger partial charge >= 0.3 is 0 Å². The smallest absolute Gasteiger partial charge is 0.225 e. The molecule has 2 aromatic heterocycles. The molecule has 0 unspecified atom stereocenters. The van der Waals surface area contributed by atoms with Crippen molar-refractivity contribution in [3.8, 4) is 17.1 Å². The minimum atomic E-state index is -0.411. The first-order valence-electron chi connectivity index (χ1n) is 9.05. The lowest BCUT2D eigenvalue weighted by atomic mass is 9.95. The van der Waals surface area contributed by atoms with Crippen LogP contribution in [0.5, 0.6) is 0 Å². The molecule has 0 atom stereocenters. The summed E-state index contributed by atoms with van der Waals surface area (Å²) < 4.78 is 3.81. The van der Waals surface area contributed by atoms with Gasteiger partial charge in [0.25, 0.3) is 0 Å². The van der Waals surface area contributed by atoms with Crippen LogP contribution in [0.1, 0.15) is 44.0 Å². The normalized spacial score (nSPS) is 15.2. The molecule has 2 N–H and O–H groups in total. The van der Waals surface area contributed by atoms with E-state index in [1.54, 1.807) is 6.20 Å². The molecule has 1 aliphatic carbocycles. The van der Waals surface area contributed by atoms with E-state index in [9.17, 15) is 4.79 Å². The second kappa shape index (κ2) is 7.11. The Labute approximate surface area is 151 Å². The summed E-state index contributed by atoms with van der Waals surface area (Å²) in [5.74, 6) is 0.890. The van der Waals surface area contributed by atoms with Gasteiger partial charge in [-0.3, -0.25) is 4.79 Å². The van der Waals surface area contributed by atoms with Crippen molar-refractivity contribution >= 4 is 5.91 Å². The van der Waals surface area contributed by atoms with Crippen molar-refractivity contribution in [2.45, 2.75) is 44.6 Å². The summed E-state index contributed by atoms with van der Waals surface area (Å²) >= 11 is 0. The fourth-order valence-corrected chi connectivity index (χ4v) is 3.56. The van der Waals surface area contributed by atoms with E-state index in [2.05, 4.69) is 15.2 Å². The van der Waals surface area contributed by atoms with Gasteiger partial charge in [-0.15, -0.1) is 0 Å². The summed E-state index contributed by atoms with van der Waals surface area (Å²) in [6.45, 7) is 0. The van der Waals surface area contributed by atoms with Crippen molar-refractivity contribution < 1.29 is 4.79 Å². The first-order chi connectivity index (χ1) is 12.7.